The molecule has 0 aliphatic rings. The van der Waals surface area contributed by atoms with Crippen LogP contribution in [-0.2, 0) is 35.2 Å². The number of nitrogens with one attached hydrogen (secondary N) is 4. The molecule has 4 atom stereocenters. The topological polar surface area (TPSA) is 253 Å². The van der Waals surface area contributed by atoms with E-state index in [0.717, 1.165) is 10.9 Å². The monoisotopic (exact) mass is 559 g/mol. The molecule has 2 aromatic rings. The molecule has 1 aromatic carbocycles. The molecule has 4 unspecified atom stereocenters. The first-order valence-corrected chi connectivity index (χ1v) is 12.8. The van der Waals surface area contributed by atoms with Crippen LogP contribution >= 0.6 is 0 Å². The molecule has 0 saturated carbocycles. The van der Waals surface area contributed by atoms with Crippen molar-refractivity contribution in [2.45, 2.75) is 70.1 Å². The number of aromatic amines is 1. The van der Waals surface area contributed by atoms with Crippen LogP contribution in [0.25, 0.3) is 10.9 Å². The number of hydrogen-bond acceptors (Lipinski definition) is 7. The number of carbonyl (C=O) groups is 6. The molecule has 1 heterocycles. The number of aliphatic carboxylic acids is 1. The minimum Gasteiger partial charge on any atom is -0.480 e. The standard InChI is InChI=1S/C26H37N7O7/c1-13(2)22(25(38)32-19(26(39)40)11-14-12-30-17-6-4-3-5-15(14)17)33-24(37)18(8-10-21(29)35)31-23(36)16(27)7-9-20(28)34/h3-6,12-13,16,18-19,22,30H,7-11,27H2,1-2H3,(H2,28,34)(H2,29,35)(H,31,36)(H,32,38)(H,33,37)(H,39,40). The lowest BCUT2D eigenvalue weighted by Gasteiger charge is -2.27. The summed E-state index contributed by atoms with van der Waals surface area (Å²) in [6.45, 7) is 3.30. The zero-order valence-electron chi connectivity index (χ0n) is 22.4. The number of hydrogen-bond donors (Lipinski definition) is 8. The van der Waals surface area contributed by atoms with E-state index in [1.165, 1.54) is 0 Å². The van der Waals surface area contributed by atoms with Gasteiger partial charge in [0, 0.05) is 36.4 Å². The van der Waals surface area contributed by atoms with E-state index in [1.54, 1.807) is 20.0 Å². The van der Waals surface area contributed by atoms with E-state index < -0.39 is 65.6 Å². The van der Waals surface area contributed by atoms with Crippen molar-refractivity contribution in [3.63, 3.8) is 0 Å². The van der Waals surface area contributed by atoms with Gasteiger partial charge in [0.1, 0.15) is 18.1 Å². The third-order valence-electron chi connectivity index (χ3n) is 6.31. The van der Waals surface area contributed by atoms with Gasteiger partial charge in [0.2, 0.25) is 29.5 Å². The molecule has 14 nitrogen and oxygen atoms in total. The average Bonchev–Trinajstić information content (AvgIpc) is 3.29. The van der Waals surface area contributed by atoms with E-state index >= 15 is 0 Å². The largest absolute Gasteiger partial charge is 0.480 e. The molecule has 0 aliphatic carbocycles. The van der Waals surface area contributed by atoms with Crippen LogP contribution in [0.3, 0.4) is 0 Å². The molecule has 0 aliphatic heterocycles. The van der Waals surface area contributed by atoms with Crippen LogP contribution in [0.15, 0.2) is 30.5 Å². The van der Waals surface area contributed by atoms with Crippen LogP contribution in [-0.4, -0.2) is 69.8 Å². The molecule has 218 valence electrons. The van der Waals surface area contributed by atoms with Crippen molar-refractivity contribution in [3.05, 3.63) is 36.0 Å². The zero-order valence-corrected chi connectivity index (χ0v) is 22.4. The van der Waals surface area contributed by atoms with Gasteiger partial charge in [0.25, 0.3) is 0 Å². The number of benzene rings is 1. The van der Waals surface area contributed by atoms with Crippen LogP contribution in [0.4, 0.5) is 0 Å². The van der Waals surface area contributed by atoms with Crippen LogP contribution < -0.4 is 33.2 Å². The lowest BCUT2D eigenvalue weighted by molar-refractivity contribution is -0.142. The van der Waals surface area contributed by atoms with Gasteiger partial charge in [-0.05, 0) is 30.4 Å². The van der Waals surface area contributed by atoms with Gasteiger partial charge >= 0.3 is 5.97 Å². The van der Waals surface area contributed by atoms with Crippen LogP contribution in [0.2, 0.25) is 0 Å². The molecular formula is C26H37N7O7. The molecule has 0 saturated heterocycles. The Morgan fingerprint density at radius 2 is 1.45 bits per heavy atom. The summed E-state index contributed by atoms with van der Waals surface area (Å²) in [4.78, 5) is 76.2. The SMILES string of the molecule is CC(C)C(NC(=O)C(CCC(N)=O)NC(=O)C(N)CCC(N)=O)C(=O)NC(Cc1c[nH]c2ccccc12)C(=O)O. The number of fused-ring (bicyclic) bond motifs is 1. The van der Waals surface area contributed by atoms with Crippen molar-refractivity contribution >= 4 is 46.4 Å². The third-order valence-corrected chi connectivity index (χ3v) is 6.31. The highest BCUT2D eigenvalue weighted by atomic mass is 16.4. The lowest BCUT2D eigenvalue weighted by atomic mass is 10.00. The van der Waals surface area contributed by atoms with Gasteiger partial charge in [-0.3, -0.25) is 24.0 Å². The Bertz CT molecular complexity index is 1240. The predicted octanol–water partition coefficient (Wildman–Crippen LogP) is -1.24. The van der Waals surface area contributed by atoms with E-state index in [2.05, 4.69) is 20.9 Å². The maximum atomic E-state index is 13.2. The van der Waals surface area contributed by atoms with Crippen LogP contribution in [0, 0.1) is 5.92 Å². The smallest absolute Gasteiger partial charge is 0.326 e. The first-order valence-electron chi connectivity index (χ1n) is 12.8. The van der Waals surface area contributed by atoms with Crippen molar-refractivity contribution in [1.82, 2.24) is 20.9 Å². The van der Waals surface area contributed by atoms with Crippen LogP contribution in [0.5, 0.6) is 0 Å². The predicted molar refractivity (Wildman–Crippen MR) is 145 cm³/mol. The first kappa shape index (κ1) is 31.8. The van der Waals surface area contributed by atoms with Crippen LogP contribution in [0.1, 0.15) is 45.1 Å². The van der Waals surface area contributed by atoms with Crippen molar-refractivity contribution in [1.29, 1.82) is 0 Å². The number of carboxylic acid groups (broad SMARTS) is 1. The Morgan fingerprint density at radius 3 is 2.05 bits per heavy atom. The minimum atomic E-state index is -1.29. The molecule has 2 rings (SSSR count). The number of aromatic nitrogens is 1. The number of nitrogens with two attached hydrogens (primary N) is 3. The molecule has 1 aromatic heterocycles. The summed E-state index contributed by atoms with van der Waals surface area (Å²) in [5.41, 5.74) is 17.6. The van der Waals surface area contributed by atoms with E-state index in [0.29, 0.717) is 5.56 Å². The summed E-state index contributed by atoms with van der Waals surface area (Å²) < 4.78 is 0. The first-order chi connectivity index (χ1) is 18.8. The molecule has 0 radical (unpaired) electrons. The van der Waals surface area contributed by atoms with Crippen molar-refractivity contribution in [3.8, 4) is 0 Å². The minimum absolute atomic E-state index is 0.00959. The normalized spacial score (nSPS) is 14.1. The second kappa shape index (κ2) is 14.6. The van der Waals surface area contributed by atoms with Gasteiger partial charge in [0.15, 0.2) is 0 Å². The summed E-state index contributed by atoms with van der Waals surface area (Å²) in [5, 5.41) is 18.1. The average molecular weight is 560 g/mol. The Balaban J connectivity index is 2.15. The molecular weight excluding hydrogens is 522 g/mol. The fourth-order valence-corrected chi connectivity index (χ4v) is 4.03. The Morgan fingerprint density at radius 1 is 0.850 bits per heavy atom. The number of primary amides is 2. The third kappa shape index (κ3) is 9.38. The second-order valence-electron chi connectivity index (χ2n) is 9.87. The maximum absolute atomic E-state index is 13.2. The van der Waals surface area contributed by atoms with Gasteiger partial charge in [0.05, 0.1) is 6.04 Å². The Labute approximate surface area is 230 Å². The van der Waals surface area contributed by atoms with E-state index in [4.69, 9.17) is 17.2 Å². The van der Waals surface area contributed by atoms with Gasteiger partial charge in [-0.25, -0.2) is 4.79 Å². The zero-order chi connectivity index (χ0) is 30.0. The van der Waals surface area contributed by atoms with E-state index in [9.17, 15) is 33.9 Å². The van der Waals surface area contributed by atoms with Gasteiger partial charge in [-0.15, -0.1) is 0 Å². The van der Waals surface area contributed by atoms with Gasteiger partial charge < -0.3 is 43.2 Å². The molecule has 0 spiro atoms. The second-order valence-corrected chi connectivity index (χ2v) is 9.87. The van der Waals surface area contributed by atoms with Gasteiger partial charge in [-0.2, -0.15) is 0 Å². The van der Waals surface area contributed by atoms with E-state index in [1.807, 2.05) is 24.3 Å². The highest BCUT2D eigenvalue weighted by Crippen LogP contribution is 2.19. The number of carboxylic acids is 1. The fourth-order valence-electron chi connectivity index (χ4n) is 4.03. The highest BCUT2D eigenvalue weighted by molar-refractivity contribution is 5.95. The summed E-state index contributed by atoms with van der Waals surface area (Å²) >= 11 is 0. The fraction of sp³-hybridized carbons (Fsp3) is 0.462. The Hall–Kier alpha value is -4.46. The van der Waals surface area contributed by atoms with Crippen molar-refractivity contribution in [2.24, 2.45) is 23.1 Å². The van der Waals surface area contributed by atoms with Crippen molar-refractivity contribution < 1.29 is 33.9 Å². The summed E-state index contributed by atoms with van der Waals surface area (Å²) in [5.74, 6) is -5.41. The Kier molecular flexibility index (Phi) is 11.6. The molecule has 11 N–H and O–H groups in total. The van der Waals surface area contributed by atoms with Crippen molar-refractivity contribution in [2.75, 3.05) is 0 Å². The number of carbonyl (C=O) groups excluding carboxylic acids is 5. The lowest BCUT2D eigenvalue weighted by Crippen LogP contribution is -2.58. The number of rotatable bonds is 16. The maximum Gasteiger partial charge on any atom is 0.326 e. The summed E-state index contributed by atoms with van der Waals surface area (Å²) in [7, 11) is 0. The molecule has 0 fully saturated rings. The number of H-pyrrole nitrogens is 1. The number of para-hydroxylation sites is 1. The highest BCUT2D eigenvalue weighted by Gasteiger charge is 2.32. The molecule has 5 amide bonds. The number of amides is 5. The van der Waals surface area contributed by atoms with Gasteiger partial charge in [-0.1, -0.05) is 32.0 Å². The quantitative estimate of drug-likeness (QED) is 0.123. The summed E-state index contributed by atoms with van der Waals surface area (Å²) in [6, 6.07) is 2.43. The van der Waals surface area contributed by atoms with E-state index in [-0.39, 0.29) is 32.1 Å². The molecule has 40 heavy (non-hydrogen) atoms. The molecule has 0 bridgehead atoms. The summed E-state index contributed by atoms with van der Waals surface area (Å²) in [6.07, 6.45) is 1.03. The molecule has 14 heteroatoms.